The molecule has 0 radical (unpaired) electrons. The summed E-state index contributed by atoms with van der Waals surface area (Å²) < 4.78 is 5.55. The molecule has 1 saturated carbocycles. The van der Waals surface area contributed by atoms with Gasteiger partial charge in [-0.25, -0.2) is 0 Å². The molecule has 0 aliphatic heterocycles. The number of ether oxygens (including phenoxy) is 1. The predicted octanol–water partition coefficient (Wildman–Crippen LogP) is 4.66. The lowest BCUT2D eigenvalue weighted by molar-refractivity contribution is 0.00782. The molecule has 1 aromatic rings. The van der Waals surface area contributed by atoms with Crippen molar-refractivity contribution in [1.29, 1.82) is 0 Å². The molecule has 118 valence electrons. The predicted molar refractivity (Wildman–Crippen MR) is 89.8 cm³/mol. The Bertz CT molecular complexity index is 423. The molecule has 0 saturated heterocycles. The monoisotopic (exact) mass is 289 g/mol. The van der Waals surface area contributed by atoms with E-state index in [1.165, 1.54) is 44.1 Å². The molecular formula is C19H31NO. The molecule has 1 aliphatic rings. The quantitative estimate of drug-likeness (QED) is 0.755. The molecular weight excluding hydrogens is 258 g/mol. The van der Waals surface area contributed by atoms with E-state index in [1.54, 1.807) is 0 Å². The molecule has 0 amide bonds. The van der Waals surface area contributed by atoms with Crippen molar-refractivity contribution < 1.29 is 4.74 Å². The van der Waals surface area contributed by atoms with Crippen LogP contribution in [0.25, 0.3) is 0 Å². The highest BCUT2D eigenvalue weighted by Crippen LogP contribution is 2.59. The van der Waals surface area contributed by atoms with Gasteiger partial charge in [-0.15, -0.1) is 0 Å². The van der Waals surface area contributed by atoms with E-state index in [2.05, 4.69) is 38.1 Å². The molecule has 2 N–H and O–H groups in total. The number of nitrogens with two attached hydrogens (primary N) is 1. The van der Waals surface area contributed by atoms with Gasteiger partial charge in [0.05, 0.1) is 6.61 Å². The summed E-state index contributed by atoms with van der Waals surface area (Å²) in [5.41, 5.74) is 8.33. The standard InChI is InChI=1S/C19H31NO/c1-4-11-18(12-5-2)13-19(14-18,15-20)16-7-9-17(10-8-16)21-6-3/h7-10H,4-6,11-15,20H2,1-3H3. The average molecular weight is 289 g/mol. The number of benzene rings is 1. The fraction of sp³-hybridized carbons (Fsp3) is 0.684. The van der Waals surface area contributed by atoms with E-state index in [1.807, 2.05) is 6.92 Å². The first kappa shape index (κ1) is 16.4. The lowest BCUT2D eigenvalue weighted by Gasteiger charge is -2.57. The van der Waals surface area contributed by atoms with Crippen molar-refractivity contribution in [3.8, 4) is 5.75 Å². The van der Waals surface area contributed by atoms with Crippen molar-refractivity contribution in [3.05, 3.63) is 29.8 Å². The van der Waals surface area contributed by atoms with Crippen LogP contribution in [0.2, 0.25) is 0 Å². The number of hydrogen-bond acceptors (Lipinski definition) is 2. The van der Waals surface area contributed by atoms with E-state index in [4.69, 9.17) is 10.5 Å². The first-order valence-electron chi connectivity index (χ1n) is 8.57. The second-order valence-corrected chi connectivity index (χ2v) is 6.80. The van der Waals surface area contributed by atoms with Gasteiger partial charge in [-0.3, -0.25) is 0 Å². The van der Waals surface area contributed by atoms with Gasteiger partial charge < -0.3 is 10.5 Å². The molecule has 1 aromatic carbocycles. The summed E-state index contributed by atoms with van der Waals surface area (Å²) in [5, 5.41) is 0. The third kappa shape index (κ3) is 3.26. The Morgan fingerprint density at radius 1 is 1.00 bits per heavy atom. The lowest BCUT2D eigenvalue weighted by atomic mass is 9.48. The highest BCUT2D eigenvalue weighted by atomic mass is 16.5. The van der Waals surface area contributed by atoms with Crippen LogP contribution in [-0.4, -0.2) is 13.2 Å². The van der Waals surface area contributed by atoms with Crippen LogP contribution in [0.3, 0.4) is 0 Å². The zero-order valence-electron chi connectivity index (χ0n) is 14.0. The van der Waals surface area contributed by atoms with Crippen LogP contribution in [0.15, 0.2) is 24.3 Å². The van der Waals surface area contributed by atoms with E-state index in [0.29, 0.717) is 5.41 Å². The van der Waals surface area contributed by atoms with Crippen LogP contribution < -0.4 is 10.5 Å². The zero-order chi connectivity index (χ0) is 15.3. The molecule has 0 atom stereocenters. The van der Waals surface area contributed by atoms with Gasteiger partial charge in [-0.1, -0.05) is 38.8 Å². The minimum Gasteiger partial charge on any atom is -0.494 e. The van der Waals surface area contributed by atoms with Crippen molar-refractivity contribution in [2.45, 2.75) is 64.7 Å². The third-order valence-corrected chi connectivity index (χ3v) is 5.16. The van der Waals surface area contributed by atoms with Gasteiger partial charge in [0.2, 0.25) is 0 Å². The Morgan fingerprint density at radius 3 is 2.00 bits per heavy atom. The molecule has 0 spiro atoms. The molecule has 2 heteroatoms. The molecule has 0 unspecified atom stereocenters. The maximum absolute atomic E-state index is 6.18. The minimum absolute atomic E-state index is 0.203. The van der Waals surface area contributed by atoms with Crippen LogP contribution >= 0.6 is 0 Å². The minimum atomic E-state index is 0.203. The fourth-order valence-electron chi connectivity index (χ4n) is 4.46. The van der Waals surface area contributed by atoms with E-state index in [-0.39, 0.29) is 5.41 Å². The Kier molecular flexibility index (Phi) is 5.32. The molecule has 1 aliphatic carbocycles. The maximum Gasteiger partial charge on any atom is 0.119 e. The number of rotatable bonds is 8. The molecule has 1 fully saturated rings. The highest BCUT2D eigenvalue weighted by Gasteiger charge is 2.53. The summed E-state index contributed by atoms with van der Waals surface area (Å²) >= 11 is 0. The van der Waals surface area contributed by atoms with E-state index in [9.17, 15) is 0 Å². The van der Waals surface area contributed by atoms with Crippen LogP contribution in [0.5, 0.6) is 5.75 Å². The number of hydrogen-bond donors (Lipinski definition) is 1. The SMILES string of the molecule is CCCC1(CCC)CC(CN)(c2ccc(OCC)cc2)C1. The molecule has 21 heavy (non-hydrogen) atoms. The van der Waals surface area contributed by atoms with Gasteiger partial charge >= 0.3 is 0 Å². The Labute approximate surface area is 130 Å². The van der Waals surface area contributed by atoms with Crippen molar-refractivity contribution in [2.75, 3.05) is 13.2 Å². The molecule has 2 nitrogen and oxygen atoms in total. The van der Waals surface area contributed by atoms with Crippen LogP contribution in [-0.2, 0) is 5.41 Å². The summed E-state index contributed by atoms with van der Waals surface area (Å²) in [6.07, 6.45) is 7.77. The first-order valence-corrected chi connectivity index (χ1v) is 8.57. The van der Waals surface area contributed by atoms with Gasteiger partial charge in [0.15, 0.2) is 0 Å². The van der Waals surface area contributed by atoms with Crippen molar-refractivity contribution >= 4 is 0 Å². The van der Waals surface area contributed by atoms with Gasteiger partial charge in [0.1, 0.15) is 5.75 Å². The lowest BCUT2D eigenvalue weighted by Crippen LogP contribution is -2.53. The maximum atomic E-state index is 6.18. The zero-order valence-corrected chi connectivity index (χ0v) is 14.0. The topological polar surface area (TPSA) is 35.2 Å². The smallest absolute Gasteiger partial charge is 0.119 e. The molecule has 0 heterocycles. The normalized spacial score (nSPS) is 19.0. The van der Waals surface area contributed by atoms with Crippen molar-refractivity contribution in [1.82, 2.24) is 0 Å². The van der Waals surface area contributed by atoms with E-state index in [0.717, 1.165) is 18.9 Å². The highest BCUT2D eigenvalue weighted by molar-refractivity contribution is 5.36. The van der Waals surface area contributed by atoms with Crippen molar-refractivity contribution in [3.63, 3.8) is 0 Å². The van der Waals surface area contributed by atoms with E-state index >= 15 is 0 Å². The van der Waals surface area contributed by atoms with Crippen LogP contribution in [0, 0.1) is 5.41 Å². The van der Waals surface area contributed by atoms with Crippen LogP contribution in [0.4, 0.5) is 0 Å². The second kappa shape index (κ2) is 6.83. The fourth-order valence-corrected chi connectivity index (χ4v) is 4.46. The van der Waals surface area contributed by atoms with Gasteiger partial charge in [0, 0.05) is 12.0 Å². The third-order valence-electron chi connectivity index (χ3n) is 5.16. The van der Waals surface area contributed by atoms with Gasteiger partial charge in [0.25, 0.3) is 0 Å². The molecule has 0 bridgehead atoms. The van der Waals surface area contributed by atoms with E-state index < -0.39 is 0 Å². The van der Waals surface area contributed by atoms with Gasteiger partial charge in [-0.05, 0) is 55.7 Å². The molecule has 0 aromatic heterocycles. The van der Waals surface area contributed by atoms with Crippen molar-refractivity contribution in [2.24, 2.45) is 11.1 Å². The summed E-state index contributed by atoms with van der Waals surface area (Å²) in [6.45, 7) is 8.10. The largest absolute Gasteiger partial charge is 0.494 e. The summed E-state index contributed by atoms with van der Waals surface area (Å²) in [5.74, 6) is 0.959. The first-order chi connectivity index (χ1) is 10.1. The Balaban J connectivity index is 2.13. The second-order valence-electron chi connectivity index (χ2n) is 6.80. The summed E-state index contributed by atoms with van der Waals surface area (Å²) in [4.78, 5) is 0. The molecule has 2 rings (SSSR count). The average Bonchev–Trinajstić information content (AvgIpc) is 2.45. The summed E-state index contributed by atoms with van der Waals surface area (Å²) in [6, 6.07) is 8.63. The van der Waals surface area contributed by atoms with Crippen LogP contribution in [0.1, 0.15) is 64.9 Å². The Morgan fingerprint density at radius 2 is 1.57 bits per heavy atom. The Hall–Kier alpha value is -1.02. The van der Waals surface area contributed by atoms with Gasteiger partial charge in [-0.2, -0.15) is 0 Å². The summed E-state index contributed by atoms with van der Waals surface area (Å²) in [7, 11) is 0.